The third kappa shape index (κ3) is 6.76. The quantitative estimate of drug-likeness (QED) is 0.252. The Hall–Kier alpha value is -1.93. The minimum Gasteiger partial charge on any atom is -0.493 e. The standard InChI is InChI=1S/C18H22BrN3O3S/c1-3-5-8-25-16-7-6-14(19)9-13(16)11-20-22-18-21-15(12-26-18)10-17(23)24-4-2/h6-7,9,11-12H,3-5,8,10H2,1-2H3,(H,21,22). The van der Waals surface area contributed by atoms with Crippen molar-refractivity contribution >= 4 is 44.6 Å². The molecule has 0 amide bonds. The summed E-state index contributed by atoms with van der Waals surface area (Å²) in [6, 6.07) is 5.80. The molecule has 0 aliphatic heterocycles. The minimum atomic E-state index is -0.282. The normalized spacial score (nSPS) is 10.9. The predicted octanol–water partition coefficient (Wildman–Crippen LogP) is 4.64. The van der Waals surface area contributed by atoms with E-state index in [4.69, 9.17) is 9.47 Å². The Bertz CT molecular complexity index is 749. The zero-order valence-electron chi connectivity index (χ0n) is 14.8. The van der Waals surface area contributed by atoms with E-state index in [2.05, 4.69) is 38.4 Å². The van der Waals surface area contributed by atoms with E-state index < -0.39 is 0 Å². The van der Waals surface area contributed by atoms with Gasteiger partial charge < -0.3 is 9.47 Å². The van der Waals surface area contributed by atoms with E-state index in [-0.39, 0.29) is 12.4 Å². The Morgan fingerprint density at radius 2 is 2.27 bits per heavy atom. The van der Waals surface area contributed by atoms with Gasteiger partial charge in [0, 0.05) is 15.4 Å². The second-order valence-corrected chi connectivity index (χ2v) is 7.15. The van der Waals surface area contributed by atoms with E-state index in [1.165, 1.54) is 11.3 Å². The molecule has 26 heavy (non-hydrogen) atoms. The van der Waals surface area contributed by atoms with Crippen molar-refractivity contribution in [2.45, 2.75) is 33.1 Å². The molecule has 2 aromatic rings. The van der Waals surface area contributed by atoms with Crippen molar-refractivity contribution in [3.63, 3.8) is 0 Å². The van der Waals surface area contributed by atoms with Crippen LogP contribution in [0.3, 0.4) is 0 Å². The van der Waals surface area contributed by atoms with Crippen molar-refractivity contribution in [1.29, 1.82) is 0 Å². The molecule has 0 unspecified atom stereocenters. The monoisotopic (exact) mass is 439 g/mol. The van der Waals surface area contributed by atoms with E-state index in [1.807, 2.05) is 23.6 Å². The summed E-state index contributed by atoms with van der Waals surface area (Å²) in [5.41, 5.74) is 4.42. The number of hydrogen-bond donors (Lipinski definition) is 1. The number of esters is 1. The predicted molar refractivity (Wildman–Crippen MR) is 108 cm³/mol. The van der Waals surface area contributed by atoms with Gasteiger partial charge in [-0.1, -0.05) is 29.3 Å². The van der Waals surface area contributed by atoms with Crippen LogP contribution in [0.5, 0.6) is 5.75 Å². The molecule has 140 valence electrons. The van der Waals surface area contributed by atoms with Crippen LogP contribution in [0.4, 0.5) is 5.13 Å². The maximum absolute atomic E-state index is 11.5. The number of carbonyl (C=O) groups is 1. The fourth-order valence-electron chi connectivity index (χ4n) is 2.03. The van der Waals surface area contributed by atoms with Gasteiger partial charge in [0.15, 0.2) is 0 Å². The molecule has 1 aromatic carbocycles. The topological polar surface area (TPSA) is 72.8 Å². The highest BCUT2D eigenvalue weighted by Crippen LogP contribution is 2.22. The average molecular weight is 440 g/mol. The molecule has 0 atom stereocenters. The Morgan fingerprint density at radius 3 is 3.04 bits per heavy atom. The molecule has 2 rings (SSSR count). The second-order valence-electron chi connectivity index (χ2n) is 5.38. The summed E-state index contributed by atoms with van der Waals surface area (Å²) in [6.45, 7) is 4.95. The lowest BCUT2D eigenvalue weighted by atomic mass is 10.2. The maximum atomic E-state index is 11.5. The number of anilines is 1. The highest BCUT2D eigenvalue weighted by Gasteiger charge is 2.08. The first kappa shape index (κ1) is 20.4. The summed E-state index contributed by atoms with van der Waals surface area (Å²) in [5.74, 6) is 0.505. The number of aromatic nitrogens is 1. The molecule has 0 fully saturated rings. The van der Waals surface area contributed by atoms with Crippen molar-refractivity contribution < 1.29 is 14.3 Å². The maximum Gasteiger partial charge on any atom is 0.311 e. The fraction of sp³-hybridized carbons (Fsp3) is 0.389. The van der Waals surface area contributed by atoms with Crippen molar-refractivity contribution in [1.82, 2.24) is 4.98 Å². The Morgan fingerprint density at radius 1 is 1.42 bits per heavy atom. The van der Waals surface area contributed by atoms with Crippen LogP contribution in [0.15, 0.2) is 33.2 Å². The van der Waals surface area contributed by atoms with E-state index in [1.54, 1.807) is 13.1 Å². The van der Waals surface area contributed by atoms with Gasteiger partial charge >= 0.3 is 5.97 Å². The highest BCUT2D eigenvalue weighted by atomic mass is 79.9. The number of hydrazone groups is 1. The lowest BCUT2D eigenvalue weighted by molar-refractivity contribution is -0.142. The fourth-order valence-corrected chi connectivity index (χ4v) is 3.07. The van der Waals surface area contributed by atoms with Crippen molar-refractivity contribution in [3.05, 3.63) is 39.3 Å². The molecule has 0 aliphatic rings. The number of nitrogens with one attached hydrogen (secondary N) is 1. The van der Waals surface area contributed by atoms with E-state index in [0.29, 0.717) is 24.0 Å². The largest absolute Gasteiger partial charge is 0.493 e. The summed E-state index contributed by atoms with van der Waals surface area (Å²) >= 11 is 4.85. The molecule has 6 nitrogen and oxygen atoms in total. The molecule has 1 aromatic heterocycles. The summed E-state index contributed by atoms with van der Waals surface area (Å²) in [7, 11) is 0. The molecule has 0 radical (unpaired) electrons. The molecular weight excluding hydrogens is 418 g/mol. The Balaban J connectivity index is 1.96. The van der Waals surface area contributed by atoms with Gasteiger partial charge in [-0.25, -0.2) is 4.98 Å². The van der Waals surface area contributed by atoms with Gasteiger partial charge in [0.05, 0.1) is 31.5 Å². The van der Waals surface area contributed by atoms with Crippen LogP contribution in [0, 0.1) is 0 Å². The molecule has 1 N–H and O–H groups in total. The number of rotatable bonds is 10. The first-order valence-electron chi connectivity index (χ1n) is 8.43. The van der Waals surface area contributed by atoms with Gasteiger partial charge in [-0.15, -0.1) is 11.3 Å². The second kappa shape index (κ2) is 10.9. The SMILES string of the molecule is CCCCOc1ccc(Br)cc1C=NNc1nc(CC(=O)OCC)cs1. The Labute approximate surface area is 165 Å². The van der Waals surface area contributed by atoms with Crippen LogP contribution < -0.4 is 10.2 Å². The van der Waals surface area contributed by atoms with Gasteiger partial charge in [-0.05, 0) is 31.5 Å². The van der Waals surface area contributed by atoms with Gasteiger partial charge in [-0.3, -0.25) is 10.2 Å². The van der Waals surface area contributed by atoms with E-state index in [0.717, 1.165) is 28.6 Å². The molecule has 8 heteroatoms. The van der Waals surface area contributed by atoms with Crippen molar-refractivity contribution in [3.8, 4) is 5.75 Å². The third-order valence-electron chi connectivity index (χ3n) is 3.27. The van der Waals surface area contributed by atoms with Crippen molar-refractivity contribution in [2.24, 2.45) is 5.10 Å². The number of halogens is 1. The number of ether oxygens (including phenoxy) is 2. The number of benzene rings is 1. The van der Waals surface area contributed by atoms with Crippen LogP contribution in [0.1, 0.15) is 37.9 Å². The number of carbonyl (C=O) groups excluding carboxylic acids is 1. The zero-order valence-corrected chi connectivity index (χ0v) is 17.2. The third-order valence-corrected chi connectivity index (χ3v) is 4.56. The highest BCUT2D eigenvalue weighted by molar-refractivity contribution is 9.10. The summed E-state index contributed by atoms with van der Waals surface area (Å²) in [4.78, 5) is 15.8. The summed E-state index contributed by atoms with van der Waals surface area (Å²) in [6.07, 6.45) is 3.95. The lowest BCUT2D eigenvalue weighted by Gasteiger charge is -2.08. The summed E-state index contributed by atoms with van der Waals surface area (Å²) < 4.78 is 11.7. The number of thiazole rings is 1. The smallest absolute Gasteiger partial charge is 0.311 e. The zero-order chi connectivity index (χ0) is 18.8. The minimum absolute atomic E-state index is 0.163. The summed E-state index contributed by atoms with van der Waals surface area (Å²) in [5, 5.41) is 6.65. The molecular formula is C18H22BrN3O3S. The van der Waals surface area contributed by atoms with Gasteiger partial charge in [-0.2, -0.15) is 5.10 Å². The van der Waals surface area contributed by atoms with Gasteiger partial charge in [0.1, 0.15) is 5.75 Å². The Kier molecular flexibility index (Phi) is 8.57. The molecule has 0 aliphatic carbocycles. The number of nitrogens with zero attached hydrogens (tertiary/aromatic N) is 2. The molecule has 0 saturated heterocycles. The number of unbranched alkanes of at least 4 members (excludes halogenated alkanes) is 1. The van der Waals surface area contributed by atoms with E-state index in [9.17, 15) is 4.79 Å². The molecule has 0 saturated carbocycles. The first-order valence-corrected chi connectivity index (χ1v) is 10.1. The first-order chi connectivity index (χ1) is 12.6. The van der Waals surface area contributed by atoms with Gasteiger partial charge in [0.25, 0.3) is 0 Å². The average Bonchev–Trinajstić information content (AvgIpc) is 3.04. The van der Waals surface area contributed by atoms with Crippen molar-refractivity contribution in [2.75, 3.05) is 18.6 Å². The molecule has 0 bridgehead atoms. The van der Waals surface area contributed by atoms with Crippen LogP contribution >= 0.6 is 27.3 Å². The molecule has 0 spiro atoms. The van der Waals surface area contributed by atoms with Crippen LogP contribution in [0.2, 0.25) is 0 Å². The lowest BCUT2D eigenvalue weighted by Crippen LogP contribution is -2.07. The van der Waals surface area contributed by atoms with Crippen LogP contribution in [0.25, 0.3) is 0 Å². The van der Waals surface area contributed by atoms with Gasteiger partial charge in [0.2, 0.25) is 5.13 Å². The van der Waals surface area contributed by atoms with Crippen LogP contribution in [-0.4, -0.2) is 30.4 Å². The van der Waals surface area contributed by atoms with Crippen LogP contribution in [-0.2, 0) is 16.0 Å². The molecule has 1 heterocycles. The number of hydrogen-bond acceptors (Lipinski definition) is 7. The van der Waals surface area contributed by atoms with E-state index >= 15 is 0 Å².